The van der Waals surface area contributed by atoms with E-state index < -0.39 is 17.5 Å². The number of nitrogens with zero attached hydrogens (tertiary/aromatic N) is 1. The fourth-order valence-electron chi connectivity index (χ4n) is 2.59. The van der Waals surface area contributed by atoms with Crippen LogP contribution in [0.1, 0.15) is 38.5 Å². The molecule has 0 aromatic carbocycles. The zero-order chi connectivity index (χ0) is 14.6. The normalized spacial score (nSPS) is 20.1. The standard InChI is InChI=1S/C13H21N3O4/c17-10(16-8-1-2-9-16)4-7-14-12(20)15-13(11(18)19)5-3-6-13/h1-9H2,(H,18,19)(H2,14,15,20). The summed E-state index contributed by atoms with van der Waals surface area (Å²) in [5.41, 5.74) is -1.11. The Balaban J connectivity index is 1.67. The Morgan fingerprint density at radius 1 is 1.10 bits per heavy atom. The first-order valence-corrected chi connectivity index (χ1v) is 7.11. The Kier molecular flexibility index (Phi) is 4.46. The number of hydrogen-bond donors (Lipinski definition) is 3. The van der Waals surface area contributed by atoms with Crippen LogP contribution in [0.5, 0.6) is 0 Å². The van der Waals surface area contributed by atoms with Crippen molar-refractivity contribution < 1.29 is 19.5 Å². The summed E-state index contributed by atoms with van der Waals surface area (Å²) in [4.78, 5) is 36.3. The molecule has 1 aliphatic heterocycles. The van der Waals surface area contributed by atoms with Gasteiger partial charge in [-0.2, -0.15) is 0 Å². The van der Waals surface area contributed by atoms with Crippen molar-refractivity contribution in [3.63, 3.8) is 0 Å². The van der Waals surface area contributed by atoms with Gasteiger partial charge in [0.05, 0.1) is 0 Å². The predicted octanol–water partition coefficient (Wildman–Crippen LogP) is 0.305. The van der Waals surface area contributed by atoms with Gasteiger partial charge in [0.25, 0.3) is 0 Å². The summed E-state index contributed by atoms with van der Waals surface area (Å²) in [6.45, 7) is 1.83. The topological polar surface area (TPSA) is 98.7 Å². The molecule has 0 unspecified atom stereocenters. The molecule has 112 valence electrons. The lowest BCUT2D eigenvalue weighted by Gasteiger charge is -2.38. The van der Waals surface area contributed by atoms with Gasteiger partial charge in [0, 0.05) is 26.1 Å². The Hall–Kier alpha value is -1.79. The van der Waals surface area contributed by atoms with Crippen LogP contribution in [0.15, 0.2) is 0 Å². The fraction of sp³-hybridized carbons (Fsp3) is 0.769. The van der Waals surface area contributed by atoms with Crippen LogP contribution in [-0.4, -0.2) is 53.1 Å². The van der Waals surface area contributed by atoms with Crippen LogP contribution in [0.4, 0.5) is 4.79 Å². The van der Waals surface area contributed by atoms with E-state index in [1.165, 1.54) is 0 Å². The molecule has 1 saturated heterocycles. The molecular weight excluding hydrogens is 262 g/mol. The van der Waals surface area contributed by atoms with Gasteiger partial charge in [-0.3, -0.25) is 4.79 Å². The van der Waals surface area contributed by atoms with Crippen molar-refractivity contribution in [1.29, 1.82) is 0 Å². The van der Waals surface area contributed by atoms with Crippen molar-refractivity contribution in [3.05, 3.63) is 0 Å². The molecule has 0 bridgehead atoms. The van der Waals surface area contributed by atoms with E-state index in [1.807, 2.05) is 0 Å². The van der Waals surface area contributed by atoms with Gasteiger partial charge in [-0.1, -0.05) is 0 Å². The molecule has 3 N–H and O–H groups in total. The maximum absolute atomic E-state index is 11.7. The highest BCUT2D eigenvalue weighted by atomic mass is 16.4. The molecule has 0 radical (unpaired) electrons. The predicted molar refractivity (Wildman–Crippen MR) is 71.2 cm³/mol. The van der Waals surface area contributed by atoms with E-state index in [0.29, 0.717) is 12.8 Å². The van der Waals surface area contributed by atoms with Crippen LogP contribution in [0, 0.1) is 0 Å². The monoisotopic (exact) mass is 283 g/mol. The number of carboxylic acid groups (broad SMARTS) is 1. The first kappa shape index (κ1) is 14.6. The van der Waals surface area contributed by atoms with Gasteiger partial charge >= 0.3 is 12.0 Å². The molecule has 7 nitrogen and oxygen atoms in total. The van der Waals surface area contributed by atoms with Crippen molar-refractivity contribution in [3.8, 4) is 0 Å². The summed E-state index contributed by atoms with van der Waals surface area (Å²) in [5, 5.41) is 14.1. The lowest BCUT2D eigenvalue weighted by Crippen LogP contribution is -2.61. The molecule has 0 atom stereocenters. The van der Waals surface area contributed by atoms with Gasteiger partial charge in [-0.15, -0.1) is 0 Å². The number of urea groups is 1. The van der Waals surface area contributed by atoms with Gasteiger partial charge < -0.3 is 20.6 Å². The molecule has 0 spiro atoms. The SMILES string of the molecule is O=C(NCCC(=O)N1CCCC1)NC1(C(=O)O)CCC1. The van der Waals surface area contributed by atoms with E-state index in [1.54, 1.807) is 4.90 Å². The fourth-order valence-corrected chi connectivity index (χ4v) is 2.59. The first-order chi connectivity index (χ1) is 9.53. The number of carbonyl (C=O) groups excluding carboxylic acids is 2. The van der Waals surface area contributed by atoms with Crippen LogP contribution >= 0.6 is 0 Å². The van der Waals surface area contributed by atoms with Crippen molar-refractivity contribution in [2.75, 3.05) is 19.6 Å². The minimum atomic E-state index is -1.11. The lowest BCUT2D eigenvalue weighted by atomic mass is 9.77. The van der Waals surface area contributed by atoms with Gasteiger partial charge in [0.1, 0.15) is 5.54 Å². The lowest BCUT2D eigenvalue weighted by molar-refractivity contribution is -0.148. The number of carbonyl (C=O) groups is 3. The summed E-state index contributed by atoms with van der Waals surface area (Å²) in [5.74, 6) is -0.952. The second-order valence-corrected chi connectivity index (χ2v) is 5.46. The summed E-state index contributed by atoms with van der Waals surface area (Å²) in [6.07, 6.45) is 4.07. The average Bonchev–Trinajstić information content (AvgIpc) is 2.87. The Labute approximate surface area is 117 Å². The van der Waals surface area contributed by atoms with Crippen LogP contribution in [0.2, 0.25) is 0 Å². The van der Waals surface area contributed by atoms with Gasteiger partial charge in [0.2, 0.25) is 5.91 Å². The van der Waals surface area contributed by atoms with Crippen LogP contribution < -0.4 is 10.6 Å². The molecular formula is C13H21N3O4. The third-order valence-corrected chi connectivity index (χ3v) is 4.05. The smallest absolute Gasteiger partial charge is 0.329 e. The minimum Gasteiger partial charge on any atom is -0.480 e. The highest BCUT2D eigenvalue weighted by molar-refractivity contribution is 5.87. The zero-order valence-corrected chi connectivity index (χ0v) is 11.5. The quantitative estimate of drug-likeness (QED) is 0.676. The largest absolute Gasteiger partial charge is 0.480 e. The van der Waals surface area contributed by atoms with Crippen LogP contribution in [0.3, 0.4) is 0 Å². The number of aliphatic carboxylic acids is 1. The van der Waals surface area contributed by atoms with E-state index in [9.17, 15) is 14.4 Å². The highest BCUT2D eigenvalue weighted by Gasteiger charge is 2.45. The molecule has 7 heteroatoms. The molecule has 0 aromatic heterocycles. The Morgan fingerprint density at radius 2 is 1.75 bits per heavy atom. The van der Waals surface area contributed by atoms with Crippen LogP contribution in [0.25, 0.3) is 0 Å². The average molecular weight is 283 g/mol. The molecule has 1 heterocycles. The van der Waals surface area contributed by atoms with Gasteiger partial charge in [-0.05, 0) is 32.1 Å². The van der Waals surface area contributed by atoms with Crippen molar-refractivity contribution in [2.45, 2.75) is 44.1 Å². The molecule has 1 aliphatic carbocycles. The third kappa shape index (κ3) is 3.20. The summed E-state index contributed by atoms with van der Waals surface area (Å²) < 4.78 is 0. The number of carboxylic acids is 1. The molecule has 1 saturated carbocycles. The number of amides is 3. The second-order valence-electron chi connectivity index (χ2n) is 5.46. The molecule has 2 fully saturated rings. The van der Waals surface area contributed by atoms with Crippen LogP contribution in [-0.2, 0) is 9.59 Å². The van der Waals surface area contributed by atoms with E-state index in [0.717, 1.165) is 32.4 Å². The van der Waals surface area contributed by atoms with E-state index in [-0.39, 0.29) is 18.9 Å². The minimum absolute atomic E-state index is 0.0411. The number of likely N-dealkylation sites (tertiary alicyclic amines) is 1. The highest BCUT2D eigenvalue weighted by Crippen LogP contribution is 2.31. The van der Waals surface area contributed by atoms with Gasteiger partial charge in [0.15, 0.2) is 0 Å². The van der Waals surface area contributed by atoms with Crippen molar-refractivity contribution >= 4 is 17.9 Å². The summed E-state index contributed by atoms with van der Waals surface area (Å²) in [7, 11) is 0. The molecule has 0 aromatic rings. The maximum atomic E-state index is 11.7. The number of rotatable bonds is 5. The summed E-state index contributed by atoms with van der Waals surface area (Å²) in [6, 6.07) is -0.513. The third-order valence-electron chi connectivity index (χ3n) is 4.05. The number of hydrogen-bond acceptors (Lipinski definition) is 3. The Morgan fingerprint density at radius 3 is 2.25 bits per heavy atom. The number of nitrogens with one attached hydrogen (secondary N) is 2. The molecule has 20 heavy (non-hydrogen) atoms. The van der Waals surface area contributed by atoms with Gasteiger partial charge in [-0.25, -0.2) is 9.59 Å². The molecule has 3 amide bonds. The molecule has 2 aliphatic rings. The van der Waals surface area contributed by atoms with Crippen molar-refractivity contribution in [2.24, 2.45) is 0 Å². The maximum Gasteiger partial charge on any atom is 0.329 e. The first-order valence-electron chi connectivity index (χ1n) is 7.11. The zero-order valence-electron chi connectivity index (χ0n) is 11.5. The van der Waals surface area contributed by atoms with E-state index in [4.69, 9.17) is 5.11 Å². The van der Waals surface area contributed by atoms with Crippen molar-refractivity contribution in [1.82, 2.24) is 15.5 Å². The van der Waals surface area contributed by atoms with E-state index >= 15 is 0 Å². The van der Waals surface area contributed by atoms with E-state index in [2.05, 4.69) is 10.6 Å². The Bertz CT molecular complexity index is 400. The second kappa shape index (κ2) is 6.11. The summed E-state index contributed by atoms with van der Waals surface area (Å²) >= 11 is 0. The molecule has 2 rings (SSSR count).